The van der Waals surface area contributed by atoms with Crippen LogP contribution in [0.4, 0.5) is 4.39 Å². The van der Waals surface area contributed by atoms with Crippen LogP contribution in [0.2, 0.25) is 5.02 Å². The second-order valence-corrected chi connectivity index (χ2v) is 8.71. The van der Waals surface area contributed by atoms with Gasteiger partial charge in [-0.25, -0.2) is 12.8 Å². The van der Waals surface area contributed by atoms with Crippen molar-refractivity contribution < 1.29 is 17.5 Å². The molecule has 0 heterocycles. The van der Waals surface area contributed by atoms with Crippen LogP contribution in [0, 0.1) is 5.82 Å². The topological polar surface area (TPSA) is 79.8 Å². The van der Waals surface area contributed by atoms with E-state index in [0.717, 1.165) is 6.26 Å². The number of benzene rings is 2. The summed E-state index contributed by atoms with van der Waals surface area (Å²) in [6, 6.07) is 11.1. The second-order valence-electron chi connectivity index (χ2n) is 6.14. The molecule has 0 radical (unpaired) electrons. The molecule has 0 aliphatic rings. The van der Waals surface area contributed by atoms with E-state index in [1.165, 1.54) is 18.2 Å². The number of ether oxygens (including phenoxy) is 1. The molecule has 0 spiro atoms. The first kappa shape index (κ1) is 25.4. The van der Waals surface area contributed by atoms with Crippen LogP contribution in [0.25, 0.3) is 0 Å². The van der Waals surface area contributed by atoms with Gasteiger partial charge in [0.25, 0.3) is 0 Å². The molecule has 0 fully saturated rings. The minimum absolute atomic E-state index is 0. The van der Waals surface area contributed by atoms with Gasteiger partial charge in [-0.15, -0.1) is 24.0 Å². The number of aliphatic imine (C=N–C) groups is 1. The Bertz CT molecular complexity index is 925. The molecule has 2 N–H and O–H groups in total. The monoisotopic (exact) mass is 555 g/mol. The predicted octanol–water partition coefficient (Wildman–Crippen LogP) is 3.39. The molecule has 0 aliphatic carbocycles. The molecule has 2 aromatic carbocycles. The fourth-order valence-electron chi connectivity index (χ4n) is 2.45. The van der Waals surface area contributed by atoms with Gasteiger partial charge in [-0.3, -0.25) is 4.99 Å². The van der Waals surface area contributed by atoms with Gasteiger partial charge in [0.05, 0.1) is 12.3 Å². The maximum Gasteiger partial charge on any atom is 0.191 e. The first-order valence-electron chi connectivity index (χ1n) is 8.55. The summed E-state index contributed by atoms with van der Waals surface area (Å²) < 4.78 is 42.3. The van der Waals surface area contributed by atoms with Gasteiger partial charge >= 0.3 is 0 Å². The lowest BCUT2D eigenvalue weighted by molar-refractivity contribution is 0.322. The van der Waals surface area contributed by atoms with E-state index >= 15 is 0 Å². The Labute approximate surface area is 192 Å². The highest BCUT2D eigenvalue weighted by atomic mass is 127. The molecule has 0 aromatic heterocycles. The summed E-state index contributed by atoms with van der Waals surface area (Å²) >= 11 is 5.83. The van der Waals surface area contributed by atoms with Gasteiger partial charge in [-0.05, 0) is 47.5 Å². The van der Waals surface area contributed by atoms with Gasteiger partial charge in [0, 0.05) is 24.9 Å². The number of hydrogen-bond donors (Lipinski definition) is 2. The Morgan fingerprint density at radius 3 is 2.45 bits per heavy atom. The third kappa shape index (κ3) is 9.64. The molecular weight excluding hydrogens is 532 g/mol. The molecule has 2 aromatic rings. The van der Waals surface area contributed by atoms with Crippen LogP contribution in [0.3, 0.4) is 0 Å². The number of nitrogens with zero attached hydrogens (tertiary/aromatic N) is 1. The zero-order valence-corrected chi connectivity index (χ0v) is 20.0. The highest BCUT2D eigenvalue weighted by molar-refractivity contribution is 14.0. The summed E-state index contributed by atoms with van der Waals surface area (Å²) in [4.78, 5) is 4.10. The van der Waals surface area contributed by atoms with Crippen molar-refractivity contribution in [1.82, 2.24) is 10.6 Å². The van der Waals surface area contributed by atoms with Crippen LogP contribution in [0.5, 0.6) is 5.75 Å². The molecule has 0 saturated heterocycles. The molecule has 0 unspecified atom stereocenters. The van der Waals surface area contributed by atoms with E-state index in [4.69, 9.17) is 16.3 Å². The molecule has 29 heavy (non-hydrogen) atoms. The van der Waals surface area contributed by atoms with Crippen molar-refractivity contribution in [3.05, 3.63) is 64.4 Å². The standard InChI is InChI=1S/C19H23ClFN3O3S.HI/c1-22-19(23-9-10-27-18-7-4-16(20)5-8-18)24-12-15-11-17(21)6-3-14(15)13-28(2,25)26;/h3-8,11H,9-10,12-13H2,1-2H3,(H2,22,23,24);1H. The van der Waals surface area contributed by atoms with Gasteiger partial charge in [0.1, 0.15) is 18.2 Å². The summed E-state index contributed by atoms with van der Waals surface area (Å²) in [5, 5.41) is 6.77. The van der Waals surface area contributed by atoms with Crippen LogP contribution >= 0.6 is 35.6 Å². The minimum atomic E-state index is -3.22. The average molecular weight is 556 g/mol. The maximum absolute atomic E-state index is 13.6. The van der Waals surface area contributed by atoms with Gasteiger partial charge < -0.3 is 15.4 Å². The Morgan fingerprint density at radius 1 is 1.14 bits per heavy atom. The van der Waals surface area contributed by atoms with E-state index in [9.17, 15) is 12.8 Å². The van der Waals surface area contributed by atoms with Crippen molar-refractivity contribution in [3.63, 3.8) is 0 Å². The number of hydrogen-bond acceptors (Lipinski definition) is 4. The predicted molar refractivity (Wildman–Crippen MR) is 126 cm³/mol. The third-order valence-corrected chi connectivity index (χ3v) is 4.82. The van der Waals surface area contributed by atoms with Crippen molar-refractivity contribution in [2.75, 3.05) is 26.5 Å². The molecule has 0 bridgehead atoms. The van der Waals surface area contributed by atoms with Crippen molar-refractivity contribution in [2.45, 2.75) is 12.3 Å². The Hall–Kier alpha value is -1.59. The van der Waals surface area contributed by atoms with E-state index in [-0.39, 0.29) is 36.3 Å². The van der Waals surface area contributed by atoms with Gasteiger partial charge in [0.15, 0.2) is 15.8 Å². The summed E-state index contributed by atoms with van der Waals surface area (Å²) in [5.74, 6) is 0.632. The zero-order valence-electron chi connectivity index (χ0n) is 16.1. The molecule has 2 rings (SSSR count). The van der Waals surface area contributed by atoms with Crippen LogP contribution in [-0.2, 0) is 22.1 Å². The number of nitrogens with one attached hydrogen (secondary N) is 2. The fraction of sp³-hybridized carbons (Fsp3) is 0.316. The van der Waals surface area contributed by atoms with E-state index in [1.807, 2.05) is 0 Å². The van der Waals surface area contributed by atoms with E-state index in [0.29, 0.717) is 41.0 Å². The summed E-state index contributed by atoms with van der Waals surface area (Å²) in [5.41, 5.74) is 1.11. The molecular formula is C19H24ClFIN3O3S. The molecule has 160 valence electrons. The van der Waals surface area contributed by atoms with Crippen LogP contribution in [0.15, 0.2) is 47.5 Å². The van der Waals surface area contributed by atoms with Gasteiger partial charge in [-0.1, -0.05) is 17.7 Å². The van der Waals surface area contributed by atoms with E-state index in [1.54, 1.807) is 31.3 Å². The molecule has 0 aliphatic heterocycles. The Balaban J connectivity index is 0.00000420. The SMILES string of the molecule is CN=C(NCCOc1ccc(Cl)cc1)NCc1cc(F)ccc1CS(C)(=O)=O.I. The lowest BCUT2D eigenvalue weighted by atomic mass is 10.1. The largest absolute Gasteiger partial charge is 0.492 e. The van der Waals surface area contributed by atoms with Crippen molar-refractivity contribution in [1.29, 1.82) is 0 Å². The Kier molecular flexibility index (Phi) is 10.7. The maximum atomic E-state index is 13.6. The molecule has 10 heteroatoms. The number of sulfone groups is 1. The fourth-order valence-corrected chi connectivity index (χ4v) is 3.42. The van der Waals surface area contributed by atoms with E-state index < -0.39 is 15.7 Å². The number of guanidine groups is 1. The van der Waals surface area contributed by atoms with Crippen molar-refractivity contribution >= 4 is 51.4 Å². The average Bonchev–Trinajstić information content (AvgIpc) is 2.63. The first-order chi connectivity index (χ1) is 13.3. The smallest absolute Gasteiger partial charge is 0.191 e. The summed E-state index contributed by atoms with van der Waals surface area (Å²) in [7, 11) is -1.61. The first-order valence-corrected chi connectivity index (χ1v) is 11.0. The van der Waals surface area contributed by atoms with Gasteiger partial charge in [-0.2, -0.15) is 0 Å². The summed E-state index contributed by atoms with van der Waals surface area (Å²) in [6.07, 6.45) is 1.15. The van der Waals surface area contributed by atoms with Crippen LogP contribution in [0.1, 0.15) is 11.1 Å². The third-order valence-electron chi connectivity index (χ3n) is 3.73. The second kappa shape index (κ2) is 12.2. The van der Waals surface area contributed by atoms with E-state index in [2.05, 4.69) is 15.6 Å². The zero-order chi connectivity index (χ0) is 20.6. The lowest BCUT2D eigenvalue weighted by Crippen LogP contribution is -2.39. The van der Waals surface area contributed by atoms with Gasteiger partial charge in [0.2, 0.25) is 0 Å². The summed E-state index contributed by atoms with van der Waals surface area (Å²) in [6.45, 7) is 1.13. The van der Waals surface area contributed by atoms with Crippen molar-refractivity contribution in [2.24, 2.45) is 4.99 Å². The van der Waals surface area contributed by atoms with Crippen LogP contribution < -0.4 is 15.4 Å². The highest BCUT2D eigenvalue weighted by Crippen LogP contribution is 2.15. The minimum Gasteiger partial charge on any atom is -0.492 e. The van der Waals surface area contributed by atoms with Crippen molar-refractivity contribution in [3.8, 4) is 5.75 Å². The number of rotatable bonds is 8. The molecule has 0 atom stereocenters. The molecule has 0 amide bonds. The quantitative estimate of drug-likeness (QED) is 0.226. The molecule has 6 nitrogen and oxygen atoms in total. The number of halogens is 3. The lowest BCUT2D eigenvalue weighted by Gasteiger charge is -2.14. The molecule has 0 saturated carbocycles. The normalized spacial score (nSPS) is 11.5. The Morgan fingerprint density at radius 2 is 1.83 bits per heavy atom. The highest BCUT2D eigenvalue weighted by Gasteiger charge is 2.11. The van der Waals surface area contributed by atoms with Crippen LogP contribution in [-0.4, -0.2) is 40.8 Å².